The molecule has 7 rings (SSSR count). The zero-order chi connectivity index (χ0) is 21.1. The van der Waals surface area contributed by atoms with Crippen LogP contribution in [0.3, 0.4) is 0 Å². The Morgan fingerprint density at radius 1 is 0.406 bits per heavy atom. The molecule has 6 aromatic rings. The smallest absolute Gasteiger partial charge is 0.0473 e. The molecule has 2 nitrogen and oxygen atoms in total. The van der Waals surface area contributed by atoms with Gasteiger partial charge in [-0.25, -0.2) is 0 Å². The third-order valence-electron chi connectivity index (χ3n) is 6.86. The maximum absolute atomic E-state index is 3.79. The fourth-order valence-electron chi connectivity index (χ4n) is 5.20. The van der Waals surface area contributed by atoms with E-state index in [2.05, 4.69) is 108 Å². The Balaban J connectivity index is 1.38. The number of nitrogens with one attached hydrogen (secondary N) is 2. The Kier molecular flexibility index (Phi) is 3.71. The highest BCUT2D eigenvalue weighted by Crippen LogP contribution is 2.37. The first-order valence-corrected chi connectivity index (χ1v) is 11.2. The first-order valence-electron chi connectivity index (χ1n) is 11.2. The highest BCUT2D eigenvalue weighted by atomic mass is 14.9. The lowest BCUT2D eigenvalue weighted by atomic mass is 9.96. The van der Waals surface area contributed by atoms with Crippen LogP contribution in [0.1, 0.15) is 11.1 Å². The van der Waals surface area contributed by atoms with Gasteiger partial charge in [0, 0.05) is 35.2 Å². The van der Waals surface area contributed by atoms with Gasteiger partial charge >= 0.3 is 0 Å². The van der Waals surface area contributed by atoms with Crippen molar-refractivity contribution in [3.63, 3.8) is 0 Å². The topological polar surface area (TPSA) is 24.1 Å². The van der Waals surface area contributed by atoms with Gasteiger partial charge in [-0.1, -0.05) is 72.8 Å². The summed E-state index contributed by atoms with van der Waals surface area (Å²) in [4.78, 5) is 0. The second kappa shape index (κ2) is 6.73. The summed E-state index contributed by atoms with van der Waals surface area (Å²) in [5.41, 5.74) is 5.09. The average molecular weight is 411 g/mol. The number of hydrogen-bond donors (Lipinski definition) is 2. The van der Waals surface area contributed by atoms with Crippen LogP contribution in [0, 0.1) is 0 Å². The molecule has 2 heteroatoms. The van der Waals surface area contributed by atoms with Crippen molar-refractivity contribution in [3.05, 3.63) is 108 Å². The summed E-state index contributed by atoms with van der Waals surface area (Å²) in [6, 6.07) is 35.5. The van der Waals surface area contributed by atoms with Gasteiger partial charge in [0.1, 0.15) is 0 Å². The van der Waals surface area contributed by atoms with Gasteiger partial charge in [0.2, 0.25) is 0 Å². The van der Waals surface area contributed by atoms with Crippen LogP contribution >= 0.6 is 0 Å². The van der Waals surface area contributed by atoms with E-state index in [9.17, 15) is 0 Å². The molecule has 2 N–H and O–H groups in total. The normalized spacial score (nSPS) is 13.2. The predicted octanol–water partition coefficient (Wildman–Crippen LogP) is 7.84. The van der Waals surface area contributed by atoms with Gasteiger partial charge in [-0.3, -0.25) is 0 Å². The van der Waals surface area contributed by atoms with E-state index in [0.717, 1.165) is 13.1 Å². The second-order valence-electron chi connectivity index (χ2n) is 8.75. The monoisotopic (exact) mass is 410 g/mol. The molecule has 0 atom stereocenters. The van der Waals surface area contributed by atoms with E-state index >= 15 is 0 Å². The van der Waals surface area contributed by atoms with Gasteiger partial charge in [-0.2, -0.15) is 0 Å². The fraction of sp³-hybridized carbons (Fsp3) is 0.0667. The Bertz CT molecular complexity index is 1550. The van der Waals surface area contributed by atoms with E-state index in [1.54, 1.807) is 0 Å². The summed E-state index contributed by atoms with van der Waals surface area (Å²) in [5.74, 6) is 0. The summed E-state index contributed by atoms with van der Waals surface area (Å²) in [7, 11) is 0. The SMILES string of the molecule is c1ccc2cc3c4c(ccc3cc2c1)CNc1c(ccc2cc3ccccc3cc12)CN4. The van der Waals surface area contributed by atoms with E-state index in [1.807, 2.05) is 0 Å². The predicted molar refractivity (Wildman–Crippen MR) is 138 cm³/mol. The zero-order valence-electron chi connectivity index (χ0n) is 17.7. The average Bonchev–Trinajstić information content (AvgIpc) is 2.82. The van der Waals surface area contributed by atoms with Crippen LogP contribution in [-0.4, -0.2) is 0 Å². The van der Waals surface area contributed by atoms with E-state index in [-0.39, 0.29) is 0 Å². The molecule has 32 heavy (non-hydrogen) atoms. The lowest BCUT2D eigenvalue weighted by Gasteiger charge is -2.23. The Morgan fingerprint density at radius 2 is 0.812 bits per heavy atom. The minimum absolute atomic E-state index is 0.796. The van der Waals surface area contributed by atoms with Gasteiger partial charge in [-0.15, -0.1) is 0 Å². The lowest BCUT2D eigenvalue weighted by molar-refractivity contribution is 1.06. The number of rotatable bonds is 0. The zero-order valence-corrected chi connectivity index (χ0v) is 17.7. The molecule has 0 fully saturated rings. The number of anilines is 2. The molecule has 0 amide bonds. The number of fused-ring (bicyclic) bond motifs is 8. The Morgan fingerprint density at radius 3 is 1.25 bits per heavy atom. The summed E-state index contributed by atoms with van der Waals surface area (Å²) in [6.07, 6.45) is 0. The van der Waals surface area contributed by atoms with E-state index in [4.69, 9.17) is 0 Å². The van der Waals surface area contributed by atoms with E-state index in [1.165, 1.54) is 65.6 Å². The highest BCUT2D eigenvalue weighted by Gasteiger charge is 2.16. The number of hydrogen-bond acceptors (Lipinski definition) is 2. The second-order valence-corrected chi connectivity index (χ2v) is 8.75. The van der Waals surface area contributed by atoms with Gasteiger partial charge in [0.05, 0.1) is 0 Å². The van der Waals surface area contributed by atoms with Gasteiger partial charge < -0.3 is 10.6 Å². The summed E-state index contributed by atoms with van der Waals surface area (Å²) in [5, 5.41) is 17.9. The van der Waals surface area contributed by atoms with Crippen LogP contribution in [0.15, 0.2) is 97.1 Å². The first-order chi connectivity index (χ1) is 15.8. The van der Waals surface area contributed by atoms with Gasteiger partial charge in [0.25, 0.3) is 0 Å². The van der Waals surface area contributed by atoms with Crippen molar-refractivity contribution < 1.29 is 0 Å². The summed E-state index contributed by atoms with van der Waals surface area (Å²) in [6.45, 7) is 1.59. The first kappa shape index (κ1) is 17.6. The largest absolute Gasteiger partial charge is 0.380 e. The van der Waals surface area contributed by atoms with Crippen LogP contribution < -0.4 is 10.6 Å². The van der Waals surface area contributed by atoms with E-state index < -0.39 is 0 Å². The molecule has 1 aliphatic rings. The molecular formula is C30H22N2. The standard InChI is InChI=1S/C30H22N2/c1-3-7-21-15-27-23(13-19(21)5-1)9-11-25-17-32-30-26(18-31-29(25)27)12-10-24-14-20-6-2-4-8-22(20)16-28(24)30/h1-16,31-32H,17-18H2. The van der Waals surface area contributed by atoms with Crippen LogP contribution in [-0.2, 0) is 13.1 Å². The molecule has 0 unspecified atom stereocenters. The molecule has 0 radical (unpaired) electrons. The molecule has 1 heterocycles. The van der Waals surface area contributed by atoms with Crippen molar-refractivity contribution >= 4 is 54.5 Å². The summed E-state index contributed by atoms with van der Waals surface area (Å²) < 4.78 is 0. The van der Waals surface area contributed by atoms with Crippen molar-refractivity contribution in [2.45, 2.75) is 13.1 Å². The summed E-state index contributed by atoms with van der Waals surface area (Å²) >= 11 is 0. The molecule has 0 aliphatic carbocycles. The van der Waals surface area contributed by atoms with Crippen molar-refractivity contribution in [2.24, 2.45) is 0 Å². The molecule has 0 bridgehead atoms. The third-order valence-corrected chi connectivity index (χ3v) is 6.86. The Labute approximate surface area is 186 Å². The van der Waals surface area contributed by atoms with Crippen molar-refractivity contribution in [3.8, 4) is 0 Å². The van der Waals surface area contributed by atoms with Crippen LogP contribution in [0.2, 0.25) is 0 Å². The molecule has 152 valence electrons. The van der Waals surface area contributed by atoms with Crippen molar-refractivity contribution in [1.29, 1.82) is 0 Å². The fourth-order valence-corrected chi connectivity index (χ4v) is 5.20. The highest BCUT2D eigenvalue weighted by molar-refractivity contribution is 6.06. The van der Waals surface area contributed by atoms with Crippen molar-refractivity contribution in [2.75, 3.05) is 10.6 Å². The molecule has 0 aromatic heterocycles. The molecule has 0 spiro atoms. The van der Waals surface area contributed by atoms with Crippen LogP contribution in [0.4, 0.5) is 11.4 Å². The molecule has 0 saturated carbocycles. The Hall–Kier alpha value is -4.04. The van der Waals surface area contributed by atoms with Gasteiger partial charge in [0.15, 0.2) is 0 Å². The van der Waals surface area contributed by atoms with Gasteiger partial charge in [-0.05, 0) is 67.7 Å². The van der Waals surface area contributed by atoms with Crippen LogP contribution in [0.5, 0.6) is 0 Å². The molecule has 6 aromatic carbocycles. The van der Waals surface area contributed by atoms with E-state index in [0.29, 0.717) is 0 Å². The maximum Gasteiger partial charge on any atom is 0.0473 e. The van der Waals surface area contributed by atoms with Crippen LogP contribution in [0.25, 0.3) is 43.1 Å². The van der Waals surface area contributed by atoms with Crippen molar-refractivity contribution in [1.82, 2.24) is 0 Å². The minimum Gasteiger partial charge on any atom is -0.380 e. The maximum atomic E-state index is 3.79. The molecule has 1 aliphatic heterocycles. The minimum atomic E-state index is 0.796. The quantitative estimate of drug-likeness (QED) is 0.249. The lowest BCUT2D eigenvalue weighted by Crippen LogP contribution is -2.13. The third kappa shape index (κ3) is 2.66. The molecular weight excluding hydrogens is 388 g/mol. The number of benzene rings is 6. The molecule has 0 saturated heterocycles.